The molecule has 106 valence electrons. The molecule has 2 aliphatic rings. The zero-order chi connectivity index (χ0) is 13.0. The Morgan fingerprint density at radius 1 is 1.17 bits per heavy atom. The van der Waals surface area contributed by atoms with Crippen molar-refractivity contribution in [3.05, 3.63) is 0 Å². The van der Waals surface area contributed by atoms with Crippen molar-refractivity contribution >= 4 is 0 Å². The molecule has 0 bridgehead atoms. The number of hydrogen-bond acceptors (Lipinski definition) is 3. The quantitative estimate of drug-likeness (QED) is 0.808. The number of hydrogen-bond donors (Lipinski definition) is 2. The van der Waals surface area contributed by atoms with Crippen LogP contribution in [0.25, 0.3) is 0 Å². The minimum absolute atomic E-state index is 0.173. The van der Waals surface area contributed by atoms with Crippen LogP contribution in [0, 0.1) is 5.92 Å². The smallest absolute Gasteiger partial charge is 0.0527 e. The molecule has 3 nitrogen and oxygen atoms in total. The maximum Gasteiger partial charge on any atom is 0.0527 e. The van der Waals surface area contributed by atoms with Crippen LogP contribution >= 0.6 is 0 Å². The zero-order valence-electron chi connectivity index (χ0n) is 11.9. The first-order valence-corrected chi connectivity index (χ1v) is 7.86. The average molecular weight is 254 g/mol. The predicted octanol–water partition coefficient (Wildman–Crippen LogP) is 2.13. The Hall–Kier alpha value is -0.120. The van der Waals surface area contributed by atoms with Crippen molar-refractivity contribution < 1.29 is 5.11 Å². The van der Waals surface area contributed by atoms with E-state index in [2.05, 4.69) is 4.90 Å². The van der Waals surface area contributed by atoms with E-state index < -0.39 is 0 Å². The Bertz CT molecular complexity index is 245. The molecule has 3 heteroatoms. The van der Waals surface area contributed by atoms with Gasteiger partial charge in [-0.05, 0) is 58.0 Å². The van der Waals surface area contributed by atoms with Crippen molar-refractivity contribution in [3.8, 4) is 0 Å². The lowest BCUT2D eigenvalue weighted by Gasteiger charge is -2.38. The van der Waals surface area contributed by atoms with Crippen molar-refractivity contribution in [3.63, 3.8) is 0 Å². The van der Waals surface area contributed by atoms with E-state index in [4.69, 9.17) is 5.73 Å². The summed E-state index contributed by atoms with van der Waals surface area (Å²) in [5.74, 6) is 0.694. The summed E-state index contributed by atoms with van der Waals surface area (Å²) in [6, 6.07) is 1.28. The van der Waals surface area contributed by atoms with Crippen molar-refractivity contribution in [1.29, 1.82) is 0 Å². The average Bonchev–Trinajstić information content (AvgIpc) is 2.69. The van der Waals surface area contributed by atoms with Gasteiger partial charge in [-0.25, -0.2) is 0 Å². The van der Waals surface area contributed by atoms with Gasteiger partial charge in [0.05, 0.1) is 6.10 Å². The normalized spacial score (nSPS) is 36.5. The van der Waals surface area contributed by atoms with Crippen LogP contribution in [-0.4, -0.2) is 41.3 Å². The highest BCUT2D eigenvalue weighted by Crippen LogP contribution is 2.34. The van der Waals surface area contributed by atoms with Gasteiger partial charge in [-0.2, -0.15) is 0 Å². The topological polar surface area (TPSA) is 49.5 Å². The molecular weight excluding hydrogens is 224 g/mol. The maximum absolute atomic E-state index is 9.73. The lowest BCUT2D eigenvalue weighted by molar-refractivity contribution is 0.0687. The molecule has 1 saturated heterocycles. The SMILES string of the molecule is CC(O)CC1CCCCCN1C1CCCC1CN. The van der Waals surface area contributed by atoms with Crippen LogP contribution in [0.4, 0.5) is 0 Å². The van der Waals surface area contributed by atoms with E-state index in [1.165, 1.54) is 51.5 Å². The molecule has 0 aromatic carbocycles. The Morgan fingerprint density at radius 3 is 2.72 bits per heavy atom. The van der Waals surface area contributed by atoms with Crippen LogP contribution in [-0.2, 0) is 0 Å². The van der Waals surface area contributed by atoms with Gasteiger partial charge >= 0.3 is 0 Å². The highest BCUT2D eigenvalue weighted by Gasteiger charge is 2.35. The van der Waals surface area contributed by atoms with Gasteiger partial charge in [0.15, 0.2) is 0 Å². The molecule has 0 amide bonds. The molecule has 18 heavy (non-hydrogen) atoms. The van der Waals surface area contributed by atoms with Gasteiger partial charge in [0.2, 0.25) is 0 Å². The third-order valence-electron chi connectivity index (χ3n) is 4.88. The van der Waals surface area contributed by atoms with Gasteiger partial charge in [-0.1, -0.05) is 19.3 Å². The van der Waals surface area contributed by atoms with E-state index in [9.17, 15) is 5.11 Å². The van der Waals surface area contributed by atoms with Crippen LogP contribution < -0.4 is 5.73 Å². The van der Waals surface area contributed by atoms with Crippen LogP contribution in [0.1, 0.15) is 58.3 Å². The van der Waals surface area contributed by atoms with E-state index in [0.717, 1.165) is 13.0 Å². The standard InChI is InChI=1S/C15H30N2O/c1-12(18)10-14-7-3-2-4-9-17(14)15-8-5-6-13(15)11-16/h12-15,18H,2-11,16H2,1H3. The second-order valence-corrected chi connectivity index (χ2v) is 6.32. The molecule has 4 atom stereocenters. The van der Waals surface area contributed by atoms with E-state index in [1.54, 1.807) is 0 Å². The van der Waals surface area contributed by atoms with Crippen molar-refractivity contribution in [2.45, 2.75) is 76.5 Å². The zero-order valence-corrected chi connectivity index (χ0v) is 11.9. The Balaban J connectivity index is 2.04. The van der Waals surface area contributed by atoms with Gasteiger partial charge < -0.3 is 10.8 Å². The summed E-state index contributed by atoms with van der Waals surface area (Å²) in [7, 11) is 0. The lowest BCUT2D eigenvalue weighted by atomic mass is 9.97. The minimum Gasteiger partial charge on any atom is -0.393 e. The number of likely N-dealkylation sites (tertiary alicyclic amines) is 1. The third kappa shape index (κ3) is 3.46. The molecule has 3 N–H and O–H groups in total. The van der Waals surface area contributed by atoms with Crippen molar-refractivity contribution in [2.75, 3.05) is 13.1 Å². The molecule has 0 radical (unpaired) electrons. The molecule has 1 saturated carbocycles. The summed E-state index contributed by atoms with van der Waals surface area (Å²) in [6.07, 6.45) is 9.99. The summed E-state index contributed by atoms with van der Waals surface area (Å²) in [5.41, 5.74) is 5.94. The number of nitrogens with two attached hydrogens (primary N) is 1. The summed E-state index contributed by atoms with van der Waals surface area (Å²) in [6.45, 7) is 3.99. The van der Waals surface area contributed by atoms with Crippen LogP contribution in [0.3, 0.4) is 0 Å². The summed E-state index contributed by atoms with van der Waals surface area (Å²) in [5, 5.41) is 9.73. The molecule has 0 spiro atoms. The number of aliphatic hydroxyl groups excluding tert-OH is 1. The van der Waals surface area contributed by atoms with E-state index in [0.29, 0.717) is 18.0 Å². The Labute approximate surface area is 112 Å². The number of aliphatic hydroxyl groups is 1. The molecule has 1 aliphatic carbocycles. The first kappa shape index (κ1) is 14.3. The minimum atomic E-state index is -0.173. The second-order valence-electron chi connectivity index (χ2n) is 6.32. The van der Waals surface area contributed by atoms with Crippen LogP contribution in [0.5, 0.6) is 0 Å². The van der Waals surface area contributed by atoms with E-state index in [1.807, 2.05) is 6.92 Å². The molecule has 1 heterocycles. The first-order chi connectivity index (χ1) is 8.72. The monoisotopic (exact) mass is 254 g/mol. The first-order valence-electron chi connectivity index (χ1n) is 7.86. The Kier molecular flexibility index (Phi) is 5.46. The van der Waals surface area contributed by atoms with Gasteiger partial charge in [0.25, 0.3) is 0 Å². The number of rotatable bonds is 4. The van der Waals surface area contributed by atoms with Crippen LogP contribution in [0.15, 0.2) is 0 Å². The fourth-order valence-corrected chi connectivity index (χ4v) is 4.01. The molecule has 0 aromatic heterocycles. The van der Waals surface area contributed by atoms with E-state index >= 15 is 0 Å². The Morgan fingerprint density at radius 2 is 2.00 bits per heavy atom. The molecular formula is C15H30N2O. The van der Waals surface area contributed by atoms with Crippen molar-refractivity contribution in [2.24, 2.45) is 11.7 Å². The summed E-state index contributed by atoms with van der Waals surface area (Å²) < 4.78 is 0. The maximum atomic E-state index is 9.73. The number of nitrogens with zero attached hydrogens (tertiary/aromatic N) is 1. The van der Waals surface area contributed by atoms with Gasteiger partial charge in [-0.15, -0.1) is 0 Å². The van der Waals surface area contributed by atoms with E-state index in [-0.39, 0.29) is 6.10 Å². The fraction of sp³-hybridized carbons (Fsp3) is 1.00. The molecule has 1 aliphatic heterocycles. The molecule has 2 fully saturated rings. The van der Waals surface area contributed by atoms with Crippen LogP contribution in [0.2, 0.25) is 0 Å². The predicted molar refractivity (Wildman–Crippen MR) is 75.4 cm³/mol. The largest absolute Gasteiger partial charge is 0.393 e. The highest BCUT2D eigenvalue weighted by molar-refractivity contribution is 4.90. The molecule has 0 aromatic rings. The lowest BCUT2D eigenvalue weighted by Crippen LogP contribution is -2.47. The summed E-state index contributed by atoms with van der Waals surface area (Å²) >= 11 is 0. The third-order valence-corrected chi connectivity index (χ3v) is 4.88. The van der Waals surface area contributed by atoms with Crippen molar-refractivity contribution in [1.82, 2.24) is 4.90 Å². The molecule has 4 unspecified atom stereocenters. The fourth-order valence-electron chi connectivity index (χ4n) is 4.01. The van der Waals surface area contributed by atoms with Gasteiger partial charge in [-0.3, -0.25) is 4.90 Å². The summed E-state index contributed by atoms with van der Waals surface area (Å²) in [4.78, 5) is 2.71. The highest BCUT2D eigenvalue weighted by atomic mass is 16.3. The van der Waals surface area contributed by atoms with Gasteiger partial charge in [0, 0.05) is 12.1 Å². The van der Waals surface area contributed by atoms with Gasteiger partial charge in [0.1, 0.15) is 0 Å². The second kappa shape index (κ2) is 6.88. The molecule has 2 rings (SSSR count).